The van der Waals surface area contributed by atoms with Crippen LogP contribution in [0.4, 0.5) is 0 Å². The average molecular weight is 452 g/mol. The minimum atomic E-state index is 0.0721. The Hall–Kier alpha value is -4.15. The van der Waals surface area contributed by atoms with E-state index in [1.54, 1.807) is 7.11 Å². The zero-order valence-corrected chi connectivity index (χ0v) is 19.0. The van der Waals surface area contributed by atoms with Gasteiger partial charge in [-0.25, -0.2) is 4.98 Å². The smallest absolute Gasteiger partial charge is 0.234 e. The van der Waals surface area contributed by atoms with Crippen LogP contribution in [0.2, 0.25) is 0 Å². The van der Waals surface area contributed by atoms with Crippen LogP contribution in [0.1, 0.15) is 11.3 Å². The van der Waals surface area contributed by atoms with Crippen molar-refractivity contribution in [2.45, 2.75) is 6.42 Å². The lowest BCUT2D eigenvalue weighted by atomic mass is 10.1. The number of imidazole rings is 1. The van der Waals surface area contributed by atoms with Crippen LogP contribution in [0.15, 0.2) is 66.9 Å². The van der Waals surface area contributed by atoms with Crippen molar-refractivity contribution < 1.29 is 9.53 Å². The molecule has 1 N–H and O–H groups in total. The number of rotatable bonds is 6. The molecule has 3 heterocycles. The molecule has 0 radical (unpaired) electrons. The summed E-state index contributed by atoms with van der Waals surface area (Å²) in [5.74, 6) is 0.874. The number of fused-ring (bicyclic) bond motifs is 1. The van der Waals surface area contributed by atoms with E-state index in [1.807, 2.05) is 54.6 Å². The highest BCUT2D eigenvalue weighted by Crippen LogP contribution is 2.29. The van der Waals surface area contributed by atoms with Crippen molar-refractivity contribution in [1.29, 1.82) is 5.26 Å². The summed E-state index contributed by atoms with van der Waals surface area (Å²) in [4.78, 5) is 19.0. The van der Waals surface area contributed by atoms with Gasteiger partial charge in [0, 0.05) is 37.8 Å². The predicted octanol–water partition coefficient (Wildman–Crippen LogP) is 3.52. The Morgan fingerprint density at radius 2 is 1.76 bits per heavy atom. The van der Waals surface area contributed by atoms with Crippen molar-refractivity contribution in [1.82, 2.24) is 19.6 Å². The lowest BCUT2D eigenvalue weighted by Crippen LogP contribution is -2.48. The summed E-state index contributed by atoms with van der Waals surface area (Å²) in [6, 6.07) is 21.8. The summed E-state index contributed by atoms with van der Waals surface area (Å²) < 4.78 is 7.47. The topological polar surface area (TPSA) is 82.7 Å². The molecule has 0 aliphatic carbocycles. The van der Waals surface area contributed by atoms with Gasteiger partial charge in [-0.3, -0.25) is 9.69 Å². The van der Waals surface area contributed by atoms with Gasteiger partial charge in [0.05, 0.1) is 36.7 Å². The van der Waals surface area contributed by atoms with Gasteiger partial charge >= 0.3 is 0 Å². The first-order valence-electron chi connectivity index (χ1n) is 11.3. The first-order valence-corrected chi connectivity index (χ1v) is 11.3. The average Bonchev–Trinajstić information content (AvgIpc) is 3.25. The third-order valence-corrected chi connectivity index (χ3v) is 6.21. The lowest BCUT2D eigenvalue weighted by Gasteiger charge is -2.26. The number of carbonyl (C=O) groups excluding carboxylic acids is 1. The summed E-state index contributed by atoms with van der Waals surface area (Å²) in [5.41, 5.74) is 6.65. The molecule has 0 atom stereocenters. The Morgan fingerprint density at radius 3 is 2.47 bits per heavy atom. The highest BCUT2D eigenvalue weighted by molar-refractivity contribution is 5.78. The number of nitrogens with zero attached hydrogens (tertiary/aromatic N) is 4. The molecule has 1 amide bonds. The summed E-state index contributed by atoms with van der Waals surface area (Å²) in [6.07, 6.45) is 2.86. The van der Waals surface area contributed by atoms with E-state index in [1.165, 1.54) is 0 Å². The molecule has 1 fully saturated rings. The molecule has 7 nitrogen and oxygen atoms in total. The standard InChI is InChI=1S/C27H25N5O2/c1-34-23-9-6-21(7-10-23)27-24(12-14-31-15-13-29-26(33)18-31)32-17-22(8-11-25(32)30-27)20-4-2-19(16-28)3-5-20/h2-11,17H,12-15,18H2,1H3,(H,29,33). The molecule has 1 aliphatic heterocycles. The SMILES string of the molecule is COc1ccc(-c2nc3ccc(-c4ccc(C#N)cc4)cn3c2CCN2CCNC(=O)C2)cc1. The van der Waals surface area contributed by atoms with E-state index < -0.39 is 0 Å². The van der Waals surface area contributed by atoms with Crippen LogP contribution in [-0.2, 0) is 11.2 Å². The Labute approximate surface area is 198 Å². The van der Waals surface area contributed by atoms with Crippen LogP contribution in [-0.4, -0.2) is 53.5 Å². The maximum absolute atomic E-state index is 11.8. The zero-order chi connectivity index (χ0) is 23.5. The molecule has 170 valence electrons. The number of nitrogens with one attached hydrogen (secondary N) is 1. The number of nitriles is 1. The number of piperazine rings is 1. The van der Waals surface area contributed by atoms with Crippen LogP contribution >= 0.6 is 0 Å². The van der Waals surface area contributed by atoms with E-state index >= 15 is 0 Å². The fourth-order valence-corrected chi connectivity index (χ4v) is 4.37. The number of hydrogen-bond acceptors (Lipinski definition) is 5. The van der Waals surface area contributed by atoms with Gasteiger partial charge in [0.25, 0.3) is 0 Å². The van der Waals surface area contributed by atoms with Gasteiger partial charge in [-0.05, 0) is 59.7 Å². The first-order chi connectivity index (χ1) is 16.6. The molecular formula is C27H25N5O2. The van der Waals surface area contributed by atoms with Crippen molar-refractivity contribution >= 4 is 11.6 Å². The van der Waals surface area contributed by atoms with Crippen LogP contribution in [0, 0.1) is 11.3 Å². The predicted molar refractivity (Wildman–Crippen MR) is 130 cm³/mol. The number of ether oxygens (including phenoxy) is 1. The quantitative estimate of drug-likeness (QED) is 0.485. The summed E-state index contributed by atoms with van der Waals surface area (Å²) in [7, 11) is 1.66. The van der Waals surface area contributed by atoms with E-state index in [4.69, 9.17) is 15.0 Å². The minimum absolute atomic E-state index is 0.0721. The number of hydrogen-bond donors (Lipinski definition) is 1. The van der Waals surface area contributed by atoms with E-state index in [9.17, 15) is 4.79 Å². The van der Waals surface area contributed by atoms with Crippen molar-refractivity contribution in [2.75, 3.05) is 33.3 Å². The van der Waals surface area contributed by atoms with Crippen LogP contribution in [0.3, 0.4) is 0 Å². The molecule has 1 saturated heterocycles. The van der Waals surface area contributed by atoms with Crippen molar-refractivity contribution in [3.63, 3.8) is 0 Å². The third-order valence-electron chi connectivity index (χ3n) is 6.21. The fourth-order valence-electron chi connectivity index (χ4n) is 4.37. The van der Waals surface area contributed by atoms with Crippen LogP contribution < -0.4 is 10.1 Å². The normalized spacial score (nSPS) is 14.1. The Morgan fingerprint density at radius 1 is 1.03 bits per heavy atom. The maximum Gasteiger partial charge on any atom is 0.234 e. The van der Waals surface area contributed by atoms with E-state index in [0.29, 0.717) is 18.7 Å². The lowest BCUT2D eigenvalue weighted by molar-refractivity contribution is -0.124. The molecule has 4 aromatic rings. The van der Waals surface area contributed by atoms with Crippen molar-refractivity contribution in [3.05, 3.63) is 78.1 Å². The molecule has 0 saturated carbocycles. The van der Waals surface area contributed by atoms with Crippen LogP contribution in [0.25, 0.3) is 28.0 Å². The summed E-state index contributed by atoms with van der Waals surface area (Å²) in [5, 5.41) is 12.0. The van der Waals surface area contributed by atoms with Gasteiger partial charge in [-0.2, -0.15) is 5.26 Å². The second-order valence-corrected chi connectivity index (χ2v) is 8.35. The van der Waals surface area contributed by atoms with Gasteiger partial charge in [-0.1, -0.05) is 12.1 Å². The van der Waals surface area contributed by atoms with Gasteiger partial charge in [-0.15, -0.1) is 0 Å². The largest absolute Gasteiger partial charge is 0.497 e. The molecule has 0 spiro atoms. The van der Waals surface area contributed by atoms with Gasteiger partial charge in [0.15, 0.2) is 0 Å². The van der Waals surface area contributed by atoms with Crippen LogP contribution in [0.5, 0.6) is 5.75 Å². The molecule has 34 heavy (non-hydrogen) atoms. The number of methoxy groups -OCH3 is 1. The van der Waals surface area contributed by atoms with Gasteiger partial charge < -0.3 is 14.5 Å². The highest BCUT2D eigenvalue weighted by Gasteiger charge is 2.19. The molecule has 0 bridgehead atoms. The van der Waals surface area contributed by atoms with Gasteiger partial charge in [0.1, 0.15) is 11.4 Å². The molecule has 0 unspecified atom stereocenters. The van der Waals surface area contributed by atoms with Crippen molar-refractivity contribution in [3.8, 4) is 34.2 Å². The molecule has 2 aromatic heterocycles. The second-order valence-electron chi connectivity index (χ2n) is 8.35. The monoisotopic (exact) mass is 451 g/mol. The second kappa shape index (κ2) is 9.38. The Bertz CT molecular complexity index is 1370. The number of pyridine rings is 1. The Kier molecular flexibility index (Phi) is 5.98. The highest BCUT2D eigenvalue weighted by atomic mass is 16.5. The first kappa shape index (κ1) is 21.7. The molecule has 5 rings (SSSR count). The number of benzene rings is 2. The van der Waals surface area contributed by atoms with E-state index in [0.717, 1.165) is 59.0 Å². The molecule has 7 heteroatoms. The van der Waals surface area contributed by atoms with Crippen molar-refractivity contribution in [2.24, 2.45) is 0 Å². The Balaban J connectivity index is 1.55. The summed E-state index contributed by atoms with van der Waals surface area (Å²) >= 11 is 0. The number of aromatic nitrogens is 2. The molecular weight excluding hydrogens is 426 g/mol. The maximum atomic E-state index is 11.8. The van der Waals surface area contributed by atoms with E-state index in [2.05, 4.69) is 32.9 Å². The fraction of sp³-hybridized carbons (Fsp3) is 0.222. The van der Waals surface area contributed by atoms with Gasteiger partial charge in [0.2, 0.25) is 5.91 Å². The molecule has 1 aliphatic rings. The molecule has 2 aromatic carbocycles. The minimum Gasteiger partial charge on any atom is -0.497 e. The number of amides is 1. The zero-order valence-electron chi connectivity index (χ0n) is 19.0. The third kappa shape index (κ3) is 4.36. The van der Waals surface area contributed by atoms with E-state index in [-0.39, 0.29) is 5.91 Å². The number of carbonyl (C=O) groups is 1. The summed E-state index contributed by atoms with van der Waals surface area (Å²) in [6.45, 7) is 2.72.